The molecule has 1 heterocycles. The van der Waals surface area contributed by atoms with Crippen LogP contribution in [0.1, 0.15) is 24.5 Å². The van der Waals surface area contributed by atoms with Crippen molar-refractivity contribution in [3.63, 3.8) is 0 Å². The summed E-state index contributed by atoms with van der Waals surface area (Å²) in [7, 11) is 5.07. The van der Waals surface area contributed by atoms with Crippen molar-refractivity contribution in [3.8, 4) is 11.5 Å². The Kier molecular flexibility index (Phi) is 8.41. The third-order valence-electron chi connectivity index (χ3n) is 5.30. The first-order chi connectivity index (χ1) is 15.1. The van der Waals surface area contributed by atoms with Crippen molar-refractivity contribution < 1.29 is 14.2 Å². The molecule has 2 aromatic carbocycles. The average molecular weight is 427 g/mol. The summed E-state index contributed by atoms with van der Waals surface area (Å²) in [6.45, 7) is 5.99. The molecule has 1 aliphatic heterocycles. The van der Waals surface area contributed by atoms with Gasteiger partial charge in [0.25, 0.3) is 0 Å². The lowest BCUT2D eigenvalue weighted by atomic mass is 10.1. The Labute approximate surface area is 185 Å². The van der Waals surface area contributed by atoms with Crippen molar-refractivity contribution in [2.75, 3.05) is 45.9 Å². The molecule has 7 heteroatoms. The average Bonchev–Trinajstić information content (AvgIpc) is 3.26. The van der Waals surface area contributed by atoms with Gasteiger partial charge in [-0.1, -0.05) is 24.3 Å². The molecule has 1 saturated heterocycles. The fourth-order valence-corrected chi connectivity index (χ4v) is 3.76. The summed E-state index contributed by atoms with van der Waals surface area (Å²) in [6, 6.07) is 14.7. The van der Waals surface area contributed by atoms with Crippen LogP contribution in [0.5, 0.6) is 11.5 Å². The van der Waals surface area contributed by atoms with Crippen molar-refractivity contribution in [3.05, 3.63) is 53.6 Å². The molecule has 0 saturated carbocycles. The van der Waals surface area contributed by atoms with Gasteiger partial charge in [-0.05, 0) is 24.5 Å². The zero-order chi connectivity index (χ0) is 22.1. The van der Waals surface area contributed by atoms with Gasteiger partial charge in [0, 0.05) is 56.7 Å². The maximum absolute atomic E-state index is 5.42. The Balaban J connectivity index is 1.63. The molecular weight excluding hydrogens is 392 g/mol. The zero-order valence-corrected chi connectivity index (χ0v) is 19.0. The van der Waals surface area contributed by atoms with Crippen molar-refractivity contribution in [2.24, 2.45) is 4.99 Å². The van der Waals surface area contributed by atoms with E-state index in [0.29, 0.717) is 19.2 Å². The van der Waals surface area contributed by atoms with E-state index in [1.807, 2.05) is 6.07 Å². The molecule has 31 heavy (non-hydrogen) atoms. The van der Waals surface area contributed by atoms with E-state index in [2.05, 4.69) is 58.9 Å². The second-order valence-electron chi connectivity index (χ2n) is 7.59. The number of rotatable bonds is 9. The molecule has 0 radical (unpaired) electrons. The maximum Gasteiger partial charge on any atom is 0.191 e. The van der Waals surface area contributed by atoms with Crippen molar-refractivity contribution in [2.45, 2.75) is 32.5 Å². The lowest BCUT2D eigenvalue weighted by Gasteiger charge is -2.21. The normalized spacial score (nSPS) is 16.3. The van der Waals surface area contributed by atoms with Gasteiger partial charge in [-0.25, -0.2) is 4.99 Å². The minimum Gasteiger partial charge on any atom is -0.497 e. The highest BCUT2D eigenvalue weighted by atomic mass is 16.5. The minimum atomic E-state index is 0.315. The van der Waals surface area contributed by atoms with Crippen molar-refractivity contribution in [1.82, 2.24) is 10.6 Å². The van der Waals surface area contributed by atoms with Crippen molar-refractivity contribution in [1.29, 1.82) is 0 Å². The Hall–Kier alpha value is -2.93. The first kappa shape index (κ1) is 22.7. The summed E-state index contributed by atoms with van der Waals surface area (Å²) < 4.78 is 16.1. The van der Waals surface area contributed by atoms with Gasteiger partial charge in [0.15, 0.2) is 5.96 Å². The zero-order valence-electron chi connectivity index (χ0n) is 19.0. The van der Waals surface area contributed by atoms with Crippen LogP contribution >= 0.6 is 0 Å². The van der Waals surface area contributed by atoms with Crippen LogP contribution in [-0.4, -0.2) is 53.0 Å². The lowest BCUT2D eigenvalue weighted by molar-refractivity contribution is 0.185. The summed E-state index contributed by atoms with van der Waals surface area (Å²) in [6.07, 6.45) is 1.03. The van der Waals surface area contributed by atoms with Gasteiger partial charge in [-0.15, -0.1) is 0 Å². The highest BCUT2D eigenvalue weighted by molar-refractivity contribution is 5.80. The first-order valence-electron chi connectivity index (χ1n) is 10.7. The van der Waals surface area contributed by atoms with E-state index in [4.69, 9.17) is 19.2 Å². The topological polar surface area (TPSA) is 67.4 Å². The van der Waals surface area contributed by atoms with Gasteiger partial charge in [-0.3, -0.25) is 0 Å². The molecule has 1 fully saturated rings. The van der Waals surface area contributed by atoms with Crippen LogP contribution in [0.3, 0.4) is 0 Å². The summed E-state index contributed by atoms with van der Waals surface area (Å²) in [5, 5.41) is 6.96. The Bertz CT molecular complexity index is 849. The number of ether oxygens (including phenoxy) is 3. The number of aliphatic imine (C=N–C) groups is 1. The maximum atomic E-state index is 5.42. The highest BCUT2D eigenvalue weighted by Crippen LogP contribution is 2.30. The molecule has 7 nitrogen and oxygen atoms in total. The first-order valence-corrected chi connectivity index (χ1v) is 10.7. The molecule has 0 aromatic heterocycles. The molecule has 1 aliphatic rings. The highest BCUT2D eigenvalue weighted by Gasteiger charge is 2.24. The molecule has 2 aromatic rings. The number of hydrogen-bond donors (Lipinski definition) is 2. The molecule has 3 rings (SSSR count). The number of methoxy groups -OCH3 is 3. The largest absolute Gasteiger partial charge is 0.497 e. The monoisotopic (exact) mass is 426 g/mol. The van der Waals surface area contributed by atoms with Crippen LogP contribution in [-0.2, 0) is 17.9 Å². The predicted octanol–water partition coefficient (Wildman–Crippen LogP) is 3.18. The van der Waals surface area contributed by atoms with Gasteiger partial charge in [0.2, 0.25) is 0 Å². The van der Waals surface area contributed by atoms with E-state index < -0.39 is 0 Å². The molecule has 0 spiro atoms. The van der Waals surface area contributed by atoms with Gasteiger partial charge in [-0.2, -0.15) is 0 Å². The van der Waals surface area contributed by atoms with Crippen molar-refractivity contribution >= 4 is 11.6 Å². The Morgan fingerprint density at radius 1 is 1.06 bits per heavy atom. The summed E-state index contributed by atoms with van der Waals surface area (Å²) in [5.41, 5.74) is 3.44. The second kappa shape index (κ2) is 11.5. The molecule has 2 N–H and O–H groups in total. The molecule has 168 valence electrons. The fraction of sp³-hybridized carbons (Fsp3) is 0.458. The van der Waals surface area contributed by atoms with E-state index in [9.17, 15) is 0 Å². The van der Waals surface area contributed by atoms with Crippen LogP contribution in [0.15, 0.2) is 47.5 Å². The third-order valence-corrected chi connectivity index (χ3v) is 5.30. The SMILES string of the molecule is CCNC(=NCc1cccc(COC)c1)NC1CCN(c2cc(OC)cc(OC)c2)C1. The third kappa shape index (κ3) is 6.52. The van der Waals surface area contributed by atoms with E-state index in [1.165, 1.54) is 5.56 Å². The van der Waals surface area contributed by atoms with Gasteiger partial charge in [0.1, 0.15) is 11.5 Å². The molecule has 1 unspecified atom stereocenters. The summed E-state index contributed by atoms with van der Waals surface area (Å²) >= 11 is 0. The lowest BCUT2D eigenvalue weighted by Crippen LogP contribution is -2.44. The molecular formula is C24H34N4O3. The Morgan fingerprint density at radius 3 is 2.48 bits per heavy atom. The molecule has 0 bridgehead atoms. The quantitative estimate of drug-likeness (QED) is 0.474. The number of anilines is 1. The Morgan fingerprint density at radius 2 is 1.81 bits per heavy atom. The molecule has 0 aliphatic carbocycles. The van der Waals surface area contributed by atoms with E-state index >= 15 is 0 Å². The van der Waals surface area contributed by atoms with Crippen LogP contribution in [0.2, 0.25) is 0 Å². The number of nitrogens with one attached hydrogen (secondary N) is 2. The standard InChI is InChI=1S/C24H34N4O3/c1-5-25-24(26-15-18-7-6-8-19(11-18)17-29-2)27-20-9-10-28(16-20)21-12-22(30-3)14-23(13-21)31-4/h6-8,11-14,20H,5,9-10,15-17H2,1-4H3,(H2,25,26,27). The van der Waals surface area contributed by atoms with E-state index in [1.54, 1.807) is 21.3 Å². The smallest absolute Gasteiger partial charge is 0.191 e. The van der Waals surface area contributed by atoms with Gasteiger partial charge >= 0.3 is 0 Å². The summed E-state index contributed by atoms with van der Waals surface area (Å²) in [4.78, 5) is 7.14. The summed E-state index contributed by atoms with van der Waals surface area (Å²) in [5.74, 6) is 2.45. The van der Waals surface area contributed by atoms with Crippen LogP contribution < -0.4 is 25.0 Å². The number of benzene rings is 2. The number of guanidine groups is 1. The number of nitrogens with zero attached hydrogens (tertiary/aromatic N) is 2. The van der Waals surface area contributed by atoms with Gasteiger partial charge < -0.3 is 29.7 Å². The van der Waals surface area contributed by atoms with Crippen LogP contribution in [0.4, 0.5) is 5.69 Å². The van der Waals surface area contributed by atoms with Crippen LogP contribution in [0.25, 0.3) is 0 Å². The van der Waals surface area contributed by atoms with E-state index in [0.717, 1.165) is 54.8 Å². The molecule has 1 atom stereocenters. The number of hydrogen-bond acceptors (Lipinski definition) is 5. The van der Waals surface area contributed by atoms with Crippen LogP contribution in [0, 0.1) is 0 Å². The predicted molar refractivity (Wildman–Crippen MR) is 125 cm³/mol. The minimum absolute atomic E-state index is 0.315. The molecule has 0 amide bonds. The fourth-order valence-electron chi connectivity index (χ4n) is 3.76. The van der Waals surface area contributed by atoms with E-state index in [-0.39, 0.29) is 0 Å². The second-order valence-corrected chi connectivity index (χ2v) is 7.59. The van der Waals surface area contributed by atoms with Gasteiger partial charge in [0.05, 0.1) is 27.4 Å².